The van der Waals surface area contributed by atoms with Crippen molar-refractivity contribution in [3.63, 3.8) is 0 Å². The maximum atomic E-state index is 5.50. The number of rotatable bonds is 14. The first-order valence-electron chi connectivity index (χ1n) is 7.84. The lowest BCUT2D eigenvalue weighted by Gasteiger charge is -2.17. The van der Waals surface area contributed by atoms with Crippen molar-refractivity contribution in [2.45, 2.75) is 40.7 Å². The molecule has 0 heterocycles. The highest BCUT2D eigenvalue weighted by molar-refractivity contribution is 4.58. The van der Waals surface area contributed by atoms with Gasteiger partial charge in [-0.1, -0.05) is 20.8 Å². The highest BCUT2D eigenvalue weighted by Gasteiger charge is 2.09. The van der Waals surface area contributed by atoms with Gasteiger partial charge in [0.15, 0.2) is 0 Å². The predicted molar refractivity (Wildman–Crippen MR) is 83.8 cm³/mol. The lowest BCUT2D eigenvalue weighted by atomic mass is 9.99. The minimum Gasteiger partial charge on any atom is -0.379 e. The van der Waals surface area contributed by atoms with Crippen molar-refractivity contribution in [3.05, 3.63) is 0 Å². The summed E-state index contributed by atoms with van der Waals surface area (Å²) in [6.07, 6.45) is 0.259. The lowest BCUT2D eigenvalue weighted by molar-refractivity contribution is -0.0215. The van der Waals surface area contributed by atoms with E-state index in [0.717, 1.165) is 6.61 Å². The molecule has 0 atom stereocenters. The van der Waals surface area contributed by atoms with Gasteiger partial charge in [-0.15, -0.1) is 0 Å². The van der Waals surface area contributed by atoms with Crippen LogP contribution in [0, 0.1) is 5.41 Å². The number of hydrogen-bond donors (Lipinski definition) is 0. The third-order valence-corrected chi connectivity index (χ3v) is 2.33. The fraction of sp³-hybridized carbons (Fsp3) is 1.00. The van der Waals surface area contributed by atoms with Gasteiger partial charge in [0.1, 0.15) is 0 Å². The molecule has 0 unspecified atom stereocenters. The molecule has 0 aliphatic rings. The highest BCUT2D eigenvalue weighted by atomic mass is 16.6. The van der Waals surface area contributed by atoms with Gasteiger partial charge in [-0.05, 0) is 19.3 Å². The molecule has 0 aliphatic heterocycles. The summed E-state index contributed by atoms with van der Waals surface area (Å²) in [6.45, 7) is 16.1. The second-order valence-corrected chi connectivity index (χ2v) is 6.37. The monoisotopic (exact) mass is 306 g/mol. The van der Waals surface area contributed by atoms with Crippen LogP contribution in [0.2, 0.25) is 0 Å². The third kappa shape index (κ3) is 19.8. The molecular formula is C16H34O5. The fourth-order valence-corrected chi connectivity index (χ4v) is 1.38. The Bertz CT molecular complexity index is 213. The lowest BCUT2D eigenvalue weighted by Crippen LogP contribution is -2.17. The molecule has 0 aromatic heterocycles. The zero-order valence-electron chi connectivity index (χ0n) is 14.5. The minimum atomic E-state index is 0.212. The Morgan fingerprint density at radius 1 is 0.619 bits per heavy atom. The van der Waals surface area contributed by atoms with Crippen LogP contribution >= 0.6 is 0 Å². The molecule has 0 radical (unpaired) electrons. The highest BCUT2D eigenvalue weighted by Crippen LogP contribution is 2.12. The molecule has 0 saturated heterocycles. The molecule has 21 heavy (non-hydrogen) atoms. The van der Waals surface area contributed by atoms with Gasteiger partial charge < -0.3 is 23.7 Å². The van der Waals surface area contributed by atoms with Crippen LogP contribution in [0.4, 0.5) is 0 Å². The first kappa shape index (κ1) is 20.8. The Morgan fingerprint density at radius 2 is 1.00 bits per heavy atom. The van der Waals surface area contributed by atoms with Crippen LogP contribution in [0.15, 0.2) is 0 Å². The molecule has 0 bridgehead atoms. The molecule has 0 saturated carbocycles. The zero-order chi connectivity index (χ0) is 16.0. The molecule has 0 spiro atoms. The van der Waals surface area contributed by atoms with Crippen LogP contribution in [-0.2, 0) is 23.7 Å². The van der Waals surface area contributed by atoms with Crippen molar-refractivity contribution in [2.75, 3.05) is 59.5 Å². The average molecular weight is 306 g/mol. The van der Waals surface area contributed by atoms with Gasteiger partial charge in [0.05, 0.1) is 65.6 Å². The first-order chi connectivity index (χ1) is 9.92. The Kier molecular flexibility index (Phi) is 13.3. The molecule has 0 aromatic carbocycles. The molecule has 5 heteroatoms. The van der Waals surface area contributed by atoms with Gasteiger partial charge in [0.2, 0.25) is 0 Å². The van der Waals surface area contributed by atoms with E-state index in [9.17, 15) is 0 Å². The van der Waals surface area contributed by atoms with Crippen molar-refractivity contribution in [1.82, 2.24) is 0 Å². The summed E-state index contributed by atoms with van der Waals surface area (Å²) in [6, 6.07) is 0. The molecule has 0 aromatic rings. The molecular weight excluding hydrogens is 272 g/mol. The van der Waals surface area contributed by atoms with E-state index in [2.05, 4.69) is 20.8 Å². The van der Waals surface area contributed by atoms with Crippen LogP contribution in [0.25, 0.3) is 0 Å². The Morgan fingerprint density at radius 3 is 1.38 bits per heavy atom. The average Bonchev–Trinajstić information content (AvgIpc) is 2.37. The minimum absolute atomic E-state index is 0.212. The van der Waals surface area contributed by atoms with E-state index in [1.807, 2.05) is 13.8 Å². The summed E-state index contributed by atoms with van der Waals surface area (Å²) in [5.74, 6) is 0. The molecule has 0 rings (SSSR count). The van der Waals surface area contributed by atoms with E-state index in [-0.39, 0.29) is 11.5 Å². The molecule has 0 fully saturated rings. The zero-order valence-corrected chi connectivity index (χ0v) is 14.5. The normalized spacial score (nSPS) is 12.3. The van der Waals surface area contributed by atoms with Gasteiger partial charge in [-0.3, -0.25) is 0 Å². The van der Waals surface area contributed by atoms with Gasteiger partial charge in [-0.25, -0.2) is 0 Å². The Labute approximate surface area is 130 Å². The van der Waals surface area contributed by atoms with E-state index >= 15 is 0 Å². The second kappa shape index (κ2) is 13.5. The predicted octanol–water partition coefficient (Wildman–Crippen LogP) is 2.52. The molecule has 5 nitrogen and oxygen atoms in total. The summed E-state index contributed by atoms with van der Waals surface area (Å²) in [5, 5.41) is 0. The van der Waals surface area contributed by atoms with E-state index in [1.165, 1.54) is 0 Å². The van der Waals surface area contributed by atoms with Crippen molar-refractivity contribution in [3.8, 4) is 0 Å². The molecule has 128 valence electrons. The van der Waals surface area contributed by atoms with Crippen LogP contribution < -0.4 is 0 Å². The van der Waals surface area contributed by atoms with Gasteiger partial charge in [0, 0.05) is 0 Å². The van der Waals surface area contributed by atoms with Gasteiger partial charge in [-0.2, -0.15) is 0 Å². The summed E-state index contributed by atoms with van der Waals surface area (Å²) in [4.78, 5) is 0. The second-order valence-electron chi connectivity index (χ2n) is 6.37. The van der Waals surface area contributed by atoms with Gasteiger partial charge >= 0.3 is 0 Å². The van der Waals surface area contributed by atoms with E-state index in [4.69, 9.17) is 23.7 Å². The molecule has 0 amide bonds. The topological polar surface area (TPSA) is 46.2 Å². The van der Waals surface area contributed by atoms with E-state index in [1.54, 1.807) is 0 Å². The number of ether oxygens (including phenoxy) is 5. The van der Waals surface area contributed by atoms with Crippen LogP contribution in [0.3, 0.4) is 0 Å². The maximum Gasteiger partial charge on any atom is 0.0703 e. The smallest absolute Gasteiger partial charge is 0.0703 e. The third-order valence-electron chi connectivity index (χ3n) is 2.33. The van der Waals surface area contributed by atoms with E-state index < -0.39 is 0 Å². The number of hydrogen-bond acceptors (Lipinski definition) is 5. The maximum absolute atomic E-state index is 5.50. The Hall–Kier alpha value is -0.200. The quantitative estimate of drug-likeness (QED) is 0.462. The van der Waals surface area contributed by atoms with Crippen LogP contribution in [0.1, 0.15) is 34.6 Å². The van der Waals surface area contributed by atoms with Crippen LogP contribution in [-0.4, -0.2) is 65.6 Å². The van der Waals surface area contributed by atoms with Crippen molar-refractivity contribution in [2.24, 2.45) is 5.41 Å². The molecule has 0 N–H and O–H groups in total. The standard InChI is InChI=1S/C16H34O5/c1-15(2)21-13-12-19-9-8-17-6-7-18-10-11-20-14-16(3,4)5/h15H,6-14H2,1-5H3. The van der Waals surface area contributed by atoms with Crippen molar-refractivity contribution < 1.29 is 23.7 Å². The Balaban J connectivity index is 3.03. The SMILES string of the molecule is CC(C)OCCOCCOCCOCCOCC(C)(C)C. The van der Waals surface area contributed by atoms with Crippen molar-refractivity contribution in [1.29, 1.82) is 0 Å². The summed E-state index contributed by atoms with van der Waals surface area (Å²) in [5.41, 5.74) is 0.212. The summed E-state index contributed by atoms with van der Waals surface area (Å²) >= 11 is 0. The van der Waals surface area contributed by atoms with E-state index in [0.29, 0.717) is 52.9 Å². The largest absolute Gasteiger partial charge is 0.379 e. The first-order valence-corrected chi connectivity index (χ1v) is 7.84. The fourth-order valence-electron chi connectivity index (χ4n) is 1.38. The summed E-state index contributed by atoms with van der Waals surface area (Å²) < 4.78 is 27.0. The van der Waals surface area contributed by atoms with Gasteiger partial charge in [0.25, 0.3) is 0 Å². The van der Waals surface area contributed by atoms with Crippen LogP contribution in [0.5, 0.6) is 0 Å². The summed E-state index contributed by atoms with van der Waals surface area (Å²) in [7, 11) is 0. The van der Waals surface area contributed by atoms with Crippen molar-refractivity contribution >= 4 is 0 Å². The molecule has 0 aliphatic carbocycles.